The lowest BCUT2D eigenvalue weighted by atomic mass is 10.0. The Bertz CT molecular complexity index is 1450. The van der Waals surface area contributed by atoms with E-state index in [1.54, 1.807) is 0 Å². The van der Waals surface area contributed by atoms with E-state index in [0.717, 1.165) is 16.5 Å². The van der Waals surface area contributed by atoms with Crippen molar-refractivity contribution >= 4 is 40.6 Å². The molecule has 43 heavy (non-hydrogen) atoms. The van der Waals surface area contributed by atoms with Crippen LogP contribution in [0, 0.1) is 0 Å². The molecule has 4 unspecified atom stereocenters. The molecule has 0 aliphatic carbocycles. The summed E-state index contributed by atoms with van der Waals surface area (Å²) in [7, 11) is 0. The topological polar surface area (TPSA) is 251 Å². The fourth-order valence-corrected chi connectivity index (χ4v) is 5.27. The summed E-state index contributed by atoms with van der Waals surface area (Å²) in [6, 6.07) is 3.66. The van der Waals surface area contributed by atoms with Gasteiger partial charge in [-0.15, -0.1) is 0 Å². The number of nitrogens with two attached hydrogens (primary N) is 3. The summed E-state index contributed by atoms with van der Waals surface area (Å²) >= 11 is 0. The highest BCUT2D eigenvalue weighted by Crippen LogP contribution is 2.22. The number of rotatable bonds is 14. The monoisotopic (exact) mass is 594 g/mol. The van der Waals surface area contributed by atoms with Gasteiger partial charge in [-0.2, -0.15) is 0 Å². The number of carboxylic acid groups (broad SMARTS) is 1. The molecule has 1 saturated heterocycles. The van der Waals surface area contributed by atoms with Crippen molar-refractivity contribution < 1.29 is 24.3 Å². The number of likely N-dealkylation sites (tertiary alicyclic amines) is 1. The van der Waals surface area contributed by atoms with E-state index in [0.29, 0.717) is 31.5 Å². The summed E-state index contributed by atoms with van der Waals surface area (Å²) in [5.74, 6) is -2.92. The van der Waals surface area contributed by atoms with Gasteiger partial charge >= 0.3 is 5.97 Å². The molecule has 3 aromatic rings. The number of H-pyrrole nitrogens is 2. The number of aliphatic imine (C=N–C) groups is 1. The molecule has 1 aliphatic rings. The highest BCUT2D eigenvalue weighted by molar-refractivity contribution is 5.95. The third kappa shape index (κ3) is 8.09. The number of aliphatic carboxylic acids is 1. The predicted octanol–water partition coefficient (Wildman–Crippen LogP) is -0.898. The highest BCUT2D eigenvalue weighted by atomic mass is 16.4. The smallest absolute Gasteiger partial charge is 0.326 e. The van der Waals surface area contributed by atoms with Crippen LogP contribution >= 0.6 is 0 Å². The van der Waals surface area contributed by atoms with Gasteiger partial charge in [0.1, 0.15) is 18.1 Å². The Labute approximate surface area is 247 Å². The van der Waals surface area contributed by atoms with Crippen LogP contribution in [0.15, 0.2) is 48.0 Å². The zero-order chi connectivity index (χ0) is 30.9. The van der Waals surface area contributed by atoms with E-state index in [1.807, 2.05) is 30.5 Å². The quantitative estimate of drug-likeness (QED) is 0.0653. The molecule has 1 aliphatic heterocycles. The zero-order valence-electron chi connectivity index (χ0n) is 23.7. The van der Waals surface area contributed by atoms with Crippen LogP contribution in [-0.4, -0.2) is 91.9 Å². The third-order valence-electron chi connectivity index (χ3n) is 7.44. The minimum atomic E-state index is -1.23. The van der Waals surface area contributed by atoms with Crippen molar-refractivity contribution in [2.24, 2.45) is 22.2 Å². The van der Waals surface area contributed by atoms with E-state index in [-0.39, 0.29) is 37.7 Å². The second kappa shape index (κ2) is 14.3. The van der Waals surface area contributed by atoms with Crippen LogP contribution in [0.1, 0.15) is 36.9 Å². The summed E-state index contributed by atoms with van der Waals surface area (Å²) in [5.41, 5.74) is 19.4. The molecular formula is C28H38N10O5. The Morgan fingerprint density at radius 1 is 1.12 bits per heavy atom. The second-order valence-electron chi connectivity index (χ2n) is 10.6. The summed E-state index contributed by atoms with van der Waals surface area (Å²) < 4.78 is 0. The fourth-order valence-electron chi connectivity index (χ4n) is 5.27. The molecule has 4 rings (SSSR count). The Morgan fingerprint density at radius 3 is 2.63 bits per heavy atom. The Balaban J connectivity index is 1.42. The zero-order valence-corrected chi connectivity index (χ0v) is 23.7. The SMILES string of the molecule is NC(N)=NCCCC(NC(=O)C(Cc1cnc[nH]1)NC(=O)C1CCCN1C(=O)C(N)Cc1c[nH]c2ccccc12)C(=O)O. The highest BCUT2D eigenvalue weighted by Gasteiger charge is 2.38. The van der Waals surface area contributed by atoms with Crippen molar-refractivity contribution in [2.75, 3.05) is 13.1 Å². The van der Waals surface area contributed by atoms with Crippen molar-refractivity contribution in [1.29, 1.82) is 0 Å². The van der Waals surface area contributed by atoms with Gasteiger partial charge in [-0.3, -0.25) is 19.4 Å². The van der Waals surface area contributed by atoms with Crippen molar-refractivity contribution in [3.8, 4) is 0 Å². The molecule has 230 valence electrons. The number of hydrogen-bond acceptors (Lipinski definition) is 7. The van der Waals surface area contributed by atoms with Crippen molar-refractivity contribution in [3.05, 3.63) is 54.2 Å². The first-order valence-corrected chi connectivity index (χ1v) is 14.1. The molecule has 15 nitrogen and oxygen atoms in total. The van der Waals surface area contributed by atoms with Gasteiger partial charge in [0.25, 0.3) is 0 Å². The van der Waals surface area contributed by atoms with Crippen molar-refractivity contribution in [3.63, 3.8) is 0 Å². The van der Waals surface area contributed by atoms with Gasteiger partial charge in [-0.1, -0.05) is 18.2 Å². The Hall–Kier alpha value is -4.92. The van der Waals surface area contributed by atoms with Crippen molar-refractivity contribution in [2.45, 2.75) is 62.7 Å². The maximum Gasteiger partial charge on any atom is 0.326 e. The van der Waals surface area contributed by atoms with Crippen LogP contribution < -0.4 is 27.8 Å². The number of hydrogen-bond donors (Lipinski definition) is 8. The van der Waals surface area contributed by atoms with Crippen LogP contribution in [0.25, 0.3) is 10.9 Å². The van der Waals surface area contributed by atoms with Crippen LogP contribution in [0.5, 0.6) is 0 Å². The number of carboxylic acids is 1. The maximum absolute atomic E-state index is 13.5. The lowest BCUT2D eigenvalue weighted by Gasteiger charge is -2.28. The second-order valence-corrected chi connectivity index (χ2v) is 10.6. The molecule has 0 bridgehead atoms. The number of benzene rings is 1. The molecule has 0 radical (unpaired) electrons. The van der Waals surface area contributed by atoms with Gasteiger partial charge in [-0.05, 0) is 43.7 Å². The number of aromatic nitrogens is 3. The Kier molecular flexibility index (Phi) is 10.3. The molecule has 3 amide bonds. The molecule has 11 N–H and O–H groups in total. The average molecular weight is 595 g/mol. The molecule has 4 atom stereocenters. The molecule has 0 saturated carbocycles. The van der Waals surface area contributed by atoms with E-state index >= 15 is 0 Å². The third-order valence-corrected chi connectivity index (χ3v) is 7.44. The minimum Gasteiger partial charge on any atom is -0.480 e. The van der Waals surface area contributed by atoms with Gasteiger partial charge < -0.3 is 47.8 Å². The lowest BCUT2D eigenvalue weighted by molar-refractivity contribution is -0.143. The number of nitrogens with zero attached hydrogens (tertiary/aromatic N) is 3. The molecular weight excluding hydrogens is 556 g/mol. The standard InChI is InChI=1S/C28H38N10O5/c29-19(11-16-13-34-20-6-2-1-5-18(16)20)26(41)38-10-4-8-23(38)25(40)37-22(12-17-14-32-15-35-17)24(39)36-21(27(42)43)7-3-9-33-28(30)31/h1-2,5-6,13-15,19,21-23,34H,3-4,7-12,29H2,(H,32,35)(H,36,39)(H,37,40)(H,42,43)(H4,30,31,33). The van der Waals surface area contributed by atoms with Gasteiger partial charge in [0.15, 0.2) is 5.96 Å². The first kappa shape index (κ1) is 31.0. The molecule has 0 spiro atoms. The van der Waals surface area contributed by atoms with E-state index in [1.165, 1.54) is 17.4 Å². The summed E-state index contributed by atoms with van der Waals surface area (Å²) in [5, 5.41) is 15.9. The maximum atomic E-state index is 13.5. The molecule has 2 aromatic heterocycles. The van der Waals surface area contributed by atoms with Crippen molar-refractivity contribution in [1.82, 2.24) is 30.5 Å². The number of guanidine groups is 1. The number of para-hydroxylation sites is 1. The fraction of sp³-hybridized carbons (Fsp3) is 0.429. The van der Waals surface area contributed by atoms with Crippen LogP contribution in [0.4, 0.5) is 0 Å². The summed E-state index contributed by atoms with van der Waals surface area (Å²) in [4.78, 5) is 67.4. The number of carbonyl (C=O) groups excluding carboxylic acids is 3. The number of carbonyl (C=O) groups is 4. The largest absolute Gasteiger partial charge is 0.480 e. The van der Waals surface area contributed by atoms with Gasteiger partial charge in [0.05, 0.1) is 12.4 Å². The minimum absolute atomic E-state index is 0.0264. The number of amides is 3. The van der Waals surface area contributed by atoms with E-state index in [4.69, 9.17) is 17.2 Å². The normalized spacial score (nSPS) is 16.8. The van der Waals surface area contributed by atoms with Gasteiger partial charge in [-0.25, -0.2) is 9.78 Å². The van der Waals surface area contributed by atoms with Crippen LogP contribution in [-0.2, 0) is 32.0 Å². The summed E-state index contributed by atoms with van der Waals surface area (Å²) in [6.07, 6.45) is 6.46. The van der Waals surface area contributed by atoms with Gasteiger partial charge in [0.2, 0.25) is 17.7 Å². The van der Waals surface area contributed by atoms with E-state index in [9.17, 15) is 24.3 Å². The first-order chi connectivity index (χ1) is 20.6. The molecule has 3 heterocycles. The predicted molar refractivity (Wildman–Crippen MR) is 158 cm³/mol. The molecule has 1 aromatic carbocycles. The number of nitrogens with one attached hydrogen (secondary N) is 4. The van der Waals surface area contributed by atoms with Crippen LogP contribution in [0.2, 0.25) is 0 Å². The first-order valence-electron chi connectivity index (χ1n) is 14.1. The van der Waals surface area contributed by atoms with E-state index < -0.39 is 42.0 Å². The van der Waals surface area contributed by atoms with Gasteiger partial charge in [0, 0.05) is 48.5 Å². The number of imidazole rings is 1. The number of fused-ring (bicyclic) bond motifs is 1. The van der Waals surface area contributed by atoms with Crippen LogP contribution in [0.3, 0.4) is 0 Å². The molecule has 15 heteroatoms. The van der Waals surface area contributed by atoms with E-state index in [2.05, 4.69) is 30.6 Å². The Morgan fingerprint density at radius 2 is 1.91 bits per heavy atom. The number of aromatic amines is 2. The lowest BCUT2D eigenvalue weighted by Crippen LogP contribution is -2.57. The molecule has 1 fully saturated rings. The summed E-state index contributed by atoms with van der Waals surface area (Å²) in [6.45, 7) is 0.553. The average Bonchev–Trinajstić information content (AvgIpc) is 3.75.